The first-order chi connectivity index (χ1) is 14.7. The van der Waals surface area contributed by atoms with Gasteiger partial charge < -0.3 is 14.4 Å². The number of rotatable bonds is 11. The summed E-state index contributed by atoms with van der Waals surface area (Å²) in [5.74, 6) is 2.92. The van der Waals surface area contributed by atoms with Gasteiger partial charge in [-0.1, -0.05) is 42.5 Å². The summed E-state index contributed by atoms with van der Waals surface area (Å²) in [5, 5.41) is 2.68. The Bertz CT molecular complexity index is 859. The number of ether oxygens (including phenoxy) is 2. The lowest BCUT2D eigenvalue weighted by molar-refractivity contribution is 0.379. The minimum atomic E-state index is -0.495. The number of methoxy groups -OCH3 is 2. The summed E-state index contributed by atoms with van der Waals surface area (Å²) >= 11 is 1.92. The maximum Gasteiger partial charge on any atom is 0.119 e. The van der Waals surface area contributed by atoms with Crippen LogP contribution in [0.2, 0.25) is 0 Å². The van der Waals surface area contributed by atoms with Gasteiger partial charge in [-0.05, 0) is 68.1 Å². The normalized spacial score (nSPS) is 11.1. The van der Waals surface area contributed by atoms with Gasteiger partial charge in [-0.3, -0.25) is 0 Å². The van der Waals surface area contributed by atoms with E-state index >= 15 is 0 Å². The highest BCUT2D eigenvalue weighted by molar-refractivity contribution is 7.99. The van der Waals surface area contributed by atoms with Crippen molar-refractivity contribution in [3.8, 4) is 11.5 Å². The van der Waals surface area contributed by atoms with Gasteiger partial charge in [-0.2, -0.15) is 0 Å². The van der Waals surface area contributed by atoms with E-state index in [0.717, 1.165) is 36.5 Å². The zero-order valence-electron chi connectivity index (χ0n) is 18.0. The van der Waals surface area contributed by atoms with Crippen LogP contribution in [-0.2, 0) is 0 Å². The molecule has 0 bridgehead atoms. The molecule has 0 aliphatic carbocycles. The van der Waals surface area contributed by atoms with E-state index in [1.807, 2.05) is 23.9 Å². The molecule has 0 aliphatic heterocycles. The number of thioether (sulfide) groups is 1. The van der Waals surface area contributed by atoms with Gasteiger partial charge in [0.15, 0.2) is 0 Å². The van der Waals surface area contributed by atoms with Gasteiger partial charge in [0.25, 0.3) is 0 Å². The van der Waals surface area contributed by atoms with E-state index in [0.29, 0.717) is 0 Å². The highest BCUT2D eigenvalue weighted by Gasteiger charge is 2.16. The van der Waals surface area contributed by atoms with Crippen LogP contribution in [0.1, 0.15) is 0 Å². The molecule has 0 N–H and O–H groups in total. The van der Waals surface area contributed by atoms with E-state index in [2.05, 4.69) is 78.7 Å². The SMILES string of the molecule is COc1cccc(P(CCN(C)CCSc2ccccc2)c2cccc(OC)c2)c1. The van der Waals surface area contributed by atoms with Gasteiger partial charge in [0.05, 0.1) is 14.2 Å². The lowest BCUT2D eigenvalue weighted by Crippen LogP contribution is -2.27. The Kier molecular flexibility index (Phi) is 9.07. The van der Waals surface area contributed by atoms with Crippen molar-refractivity contribution in [2.45, 2.75) is 4.90 Å². The first-order valence-corrected chi connectivity index (χ1v) is 12.6. The molecule has 0 saturated heterocycles. The van der Waals surface area contributed by atoms with Crippen LogP contribution in [0.15, 0.2) is 83.8 Å². The minimum Gasteiger partial charge on any atom is -0.497 e. The summed E-state index contributed by atoms with van der Waals surface area (Å²) < 4.78 is 11.0. The summed E-state index contributed by atoms with van der Waals surface area (Å²) in [7, 11) is 5.18. The van der Waals surface area contributed by atoms with Gasteiger partial charge in [-0.15, -0.1) is 11.8 Å². The van der Waals surface area contributed by atoms with Crippen LogP contribution in [0, 0.1) is 0 Å². The van der Waals surface area contributed by atoms with Gasteiger partial charge in [0, 0.05) is 23.7 Å². The van der Waals surface area contributed by atoms with Crippen molar-refractivity contribution < 1.29 is 9.47 Å². The van der Waals surface area contributed by atoms with E-state index in [1.165, 1.54) is 15.5 Å². The second-order valence-corrected chi connectivity index (χ2v) is 10.5. The lowest BCUT2D eigenvalue weighted by atomic mass is 10.3. The molecule has 0 aromatic heterocycles. The molecule has 5 heteroatoms. The quantitative estimate of drug-likeness (QED) is 0.314. The Balaban J connectivity index is 1.66. The van der Waals surface area contributed by atoms with Crippen molar-refractivity contribution in [2.24, 2.45) is 0 Å². The molecular formula is C25H30NO2PS. The van der Waals surface area contributed by atoms with E-state index in [4.69, 9.17) is 9.47 Å². The molecule has 3 rings (SSSR count). The van der Waals surface area contributed by atoms with E-state index < -0.39 is 7.92 Å². The predicted molar refractivity (Wildman–Crippen MR) is 132 cm³/mol. The Morgan fingerprint density at radius 1 is 0.767 bits per heavy atom. The Morgan fingerprint density at radius 2 is 1.37 bits per heavy atom. The van der Waals surface area contributed by atoms with E-state index in [9.17, 15) is 0 Å². The fourth-order valence-electron chi connectivity index (χ4n) is 3.18. The van der Waals surface area contributed by atoms with Crippen molar-refractivity contribution in [3.05, 3.63) is 78.9 Å². The van der Waals surface area contributed by atoms with E-state index in [-0.39, 0.29) is 0 Å². The molecule has 0 aliphatic rings. The molecule has 0 unspecified atom stereocenters. The fraction of sp³-hybridized carbons (Fsp3) is 0.280. The topological polar surface area (TPSA) is 21.7 Å². The van der Waals surface area contributed by atoms with Crippen LogP contribution in [0.25, 0.3) is 0 Å². The molecule has 0 fully saturated rings. The molecule has 3 aromatic carbocycles. The third-order valence-corrected chi connectivity index (χ3v) is 8.36. The van der Waals surface area contributed by atoms with Gasteiger partial charge in [0.1, 0.15) is 11.5 Å². The van der Waals surface area contributed by atoms with Crippen LogP contribution < -0.4 is 20.1 Å². The van der Waals surface area contributed by atoms with Gasteiger partial charge >= 0.3 is 0 Å². The number of hydrogen-bond acceptors (Lipinski definition) is 4. The minimum absolute atomic E-state index is 0.495. The summed E-state index contributed by atoms with van der Waals surface area (Å²) in [6.45, 7) is 2.12. The maximum atomic E-state index is 5.48. The number of benzene rings is 3. The highest BCUT2D eigenvalue weighted by atomic mass is 32.2. The first-order valence-electron chi connectivity index (χ1n) is 10.1. The van der Waals surface area contributed by atoms with Crippen molar-refractivity contribution in [1.29, 1.82) is 0 Å². The average molecular weight is 440 g/mol. The zero-order valence-corrected chi connectivity index (χ0v) is 19.7. The van der Waals surface area contributed by atoms with Crippen LogP contribution in [-0.4, -0.2) is 51.2 Å². The second kappa shape index (κ2) is 12.0. The molecule has 0 radical (unpaired) electrons. The Hall–Kier alpha value is -2.00. The lowest BCUT2D eigenvalue weighted by Gasteiger charge is -2.23. The fourth-order valence-corrected chi connectivity index (χ4v) is 6.62. The van der Waals surface area contributed by atoms with Crippen molar-refractivity contribution in [1.82, 2.24) is 4.90 Å². The summed E-state index contributed by atoms with van der Waals surface area (Å²) in [5.41, 5.74) is 0. The average Bonchev–Trinajstić information content (AvgIpc) is 2.80. The highest BCUT2D eigenvalue weighted by Crippen LogP contribution is 2.35. The third kappa shape index (κ3) is 6.77. The summed E-state index contributed by atoms with van der Waals surface area (Å²) in [6, 6.07) is 27.6. The molecule has 0 spiro atoms. The molecule has 0 amide bonds. The third-order valence-electron chi connectivity index (χ3n) is 4.92. The number of nitrogens with zero attached hydrogens (tertiary/aromatic N) is 1. The number of hydrogen-bond donors (Lipinski definition) is 0. The van der Waals surface area contributed by atoms with Crippen LogP contribution in [0.4, 0.5) is 0 Å². The standard InChI is InChI=1S/C25H30NO2PS/c1-26(16-18-30-25-13-5-4-6-14-25)15-17-29(23-11-7-9-21(19-23)27-2)24-12-8-10-22(20-24)28-3/h4-14,19-20H,15-18H2,1-3H3. The van der Waals surface area contributed by atoms with Crippen molar-refractivity contribution in [3.63, 3.8) is 0 Å². The first kappa shape index (κ1) is 22.7. The summed E-state index contributed by atoms with van der Waals surface area (Å²) in [6.07, 6.45) is 1.10. The molecular weight excluding hydrogens is 409 g/mol. The second-order valence-electron chi connectivity index (χ2n) is 7.02. The van der Waals surface area contributed by atoms with Crippen molar-refractivity contribution in [2.75, 3.05) is 46.3 Å². The van der Waals surface area contributed by atoms with Crippen LogP contribution in [0.5, 0.6) is 11.5 Å². The zero-order chi connectivity index (χ0) is 21.2. The smallest absolute Gasteiger partial charge is 0.119 e. The predicted octanol–water partition coefficient (Wildman–Crippen LogP) is 4.86. The Morgan fingerprint density at radius 3 is 1.93 bits per heavy atom. The molecule has 0 atom stereocenters. The maximum absolute atomic E-state index is 5.48. The molecule has 0 saturated carbocycles. The molecule has 3 nitrogen and oxygen atoms in total. The molecule has 30 heavy (non-hydrogen) atoms. The largest absolute Gasteiger partial charge is 0.497 e. The van der Waals surface area contributed by atoms with Crippen LogP contribution >= 0.6 is 19.7 Å². The summed E-state index contributed by atoms with van der Waals surface area (Å²) in [4.78, 5) is 3.77. The monoisotopic (exact) mass is 439 g/mol. The molecule has 3 aromatic rings. The van der Waals surface area contributed by atoms with Crippen molar-refractivity contribution >= 4 is 30.3 Å². The molecule has 158 valence electrons. The van der Waals surface area contributed by atoms with Crippen LogP contribution in [0.3, 0.4) is 0 Å². The van der Waals surface area contributed by atoms with Gasteiger partial charge in [-0.25, -0.2) is 0 Å². The molecule has 0 heterocycles. The van der Waals surface area contributed by atoms with Gasteiger partial charge in [0.2, 0.25) is 0 Å². The Labute approximate surface area is 186 Å². The van der Waals surface area contributed by atoms with E-state index in [1.54, 1.807) is 14.2 Å².